The summed E-state index contributed by atoms with van der Waals surface area (Å²) in [6.07, 6.45) is 1.64. The predicted octanol–water partition coefficient (Wildman–Crippen LogP) is 2.90. The van der Waals surface area contributed by atoms with Gasteiger partial charge in [-0.3, -0.25) is 9.55 Å². The van der Waals surface area contributed by atoms with E-state index in [0.29, 0.717) is 11.2 Å². The highest BCUT2D eigenvalue weighted by Gasteiger charge is 2.21. The zero-order valence-electron chi connectivity index (χ0n) is 10.7. The van der Waals surface area contributed by atoms with Crippen LogP contribution in [-0.2, 0) is 0 Å². The molecule has 0 aliphatic carbocycles. The van der Waals surface area contributed by atoms with E-state index in [9.17, 15) is 8.78 Å². The Hall–Kier alpha value is -2.50. The third kappa shape index (κ3) is 1.80. The van der Waals surface area contributed by atoms with Crippen LogP contribution in [0.4, 0.5) is 14.7 Å². The summed E-state index contributed by atoms with van der Waals surface area (Å²) in [7, 11) is 0. The van der Waals surface area contributed by atoms with Gasteiger partial charge in [-0.2, -0.15) is 0 Å². The molecule has 0 fully saturated rings. The molecule has 3 aromatic rings. The van der Waals surface area contributed by atoms with E-state index in [4.69, 9.17) is 5.73 Å². The Morgan fingerprint density at radius 3 is 2.70 bits per heavy atom. The highest BCUT2D eigenvalue weighted by Crippen LogP contribution is 2.29. The molecule has 1 aromatic carbocycles. The summed E-state index contributed by atoms with van der Waals surface area (Å²) in [5, 5.41) is 0. The van der Waals surface area contributed by atoms with Crippen LogP contribution in [0.3, 0.4) is 0 Å². The summed E-state index contributed by atoms with van der Waals surface area (Å²) in [5.74, 6) is -1.75. The minimum atomic E-state index is -0.950. The van der Waals surface area contributed by atoms with Gasteiger partial charge >= 0.3 is 0 Å². The lowest BCUT2D eigenvalue weighted by molar-refractivity contribution is 0.508. The quantitative estimate of drug-likeness (QED) is 0.781. The number of hydrogen-bond acceptors (Lipinski definition) is 3. The van der Waals surface area contributed by atoms with Crippen LogP contribution in [0.5, 0.6) is 0 Å². The largest absolute Gasteiger partial charge is 0.369 e. The predicted molar refractivity (Wildman–Crippen MR) is 72.1 cm³/mol. The Morgan fingerprint density at radius 2 is 2.00 bits per heavy atom. The van der Waals surface area contributed by atoms with Crippen molar-refractivity contribution in [3.05, 3.63) is 53.9 Å². The first-order valence-electron chi connectivity index (χ1n) is 6.12. The zero-order valence-corrected chi connectivity index (χ0v) is 10.7. The van der Waals surface area contributed by atoms with Gasteiger partial charge in [0.05, 0.1) is 17.3 Å². The van der Waals surface area contributed by atoms with Gasteiger partial charge in [-0.05, 0) is 31.2 Å². The molecule has 2 N–H and O–H groups in total. The molecule has 0 spiro atoms. The molecule has 2 aromatic heterocycles. The minimum Gasteiger partial charge on any atom is -0.369 e. The molecule has 20 heavy (non-hydrogen) atoms. The fraction of sp³-hybridized carbons (Fsp3) is 0.143. The summed E-state index contributed by atoms with van der Waals surface area (Å²) in [6.45, 7) is 1.81. The number of benzene rings is 1. The molecule has 2 heterocycles. The van der Waals surface area contributed by atoms with Gasteiger partial charge in [0.2, 0.25) is 5.95 Å². The molecule has 1 unspecified atom stereocenters. The van der Waals surface area contributed by atoms with Crippen LogP contribution in [0.2, 0.25) is 0 Å². The maximum Gasteiger partial charge on any atom is 0.201 e. The highest BCUT2D eigenvalue weighted by atomic mass is 19.2. The van der Waals surface area contributed by atoms with Gasteiger partial charge in [-0.1, -0.05) is 6.07 Å². The fourth-order valence-electron chi connectivity index (χ4n) is 2.29. The second kappa shape index (κ2) is 4.56. The normalized spacial score (nSPS) is 12.8. The summed E-state index contributed by atoms with van der Waals surface area (Å²) >= 11 is 0. The topological polar surface area (TPSA) is 56.7 Å². The summed E-state index contributed by atoms with van der Waals surface area (Å²) in [5.41, 5.74) is 6.92. The Morgan fingerprint density at radius 1 is 1.20 bits per heavy atom. The van der Waals surface area contributed by atoms with E-state index in [0.717, 1.165) is 6.07 Å². The van der Waals surface area contributed by atoms with Crippen LogP contribution in [-0.4, -0.2) is 14.5 Å². The monoisotopic (exact) mass is 274 g/mol. The van der Waals surface area contributed by atoms with Gasteiger partial charge in [0.1, 0.15) is 5.52 Å². The van der Waals surface area contributed by atoms with Crippen LogP contribution < -0.4 is 5.73 Å². The molecule has 0 bridgehead atoms. The Bertz CT molecular complexity index is 768. The van der Waals surface area contributed by atoms with E-state index in [1.807, 2.05) is 13.0 Å². The van der Waals surface area contributed by atoms with Crippen molar-refractivity contribution in [3.8, 4) is 0 Å². The Balaban J connectivity index is 2.26. The molecule has 4 nitrogen and oxygen atoms in total. The van der Waals surface area contributed by atoms with E-state index in [1.54, 1.807) is 18.3 Å². The molecule has 0 amide bonds. The molecule has 6 heteroatoms. The van der Waals surface area contributed by atoms with Gasteiger partial charge in [0, 0.05) is 6.20 Å². The highest BCUT2D eigenvalue weighted by molar-refractivity contribution is 5.79. The second-order valence-corrected chi connectivity index (χ2v) is 4.50. The van der Waals surface area contributed by atoms with Crippen molar-refractivity contribution < 1.29 is 8.78 Å². The van der Waals surface area contributed by atoms with Crippen molar-refractivity contribution in [2.75, 3.05) is 5.73 Å². The molecule has 0 aliphatic heterocycles. The first-order chi connectivity index (χ1) is 9.59. The molecular formula is C14H12F2N4. The van der Waals surface area contributed by atoms with Crippen molar-refractivity contribution >= 4 is 17.0 Å². The number of imidazole rings is 1. The SMILES string of the molecule is CC(c1ccccn1)n1c(N)nc2ccc(F)c(F)c21. The molecule has 0 radical (unpaired) electrons. The zero-order chi connectivity index (χ0) is 14.3. The molecular weight excluding hydrogens is 262 g/mol. The maximum atomic E-state index is 14.0. The van der Waals surface area contributed by atoms with E-state index in [2.05, 4.69) is 9.97 Å². The van der Waals surface area contributed by atoms with Crippen LogP contribution in [0, 0.1) is 11.6 Å². The number of aromatic nitrogens is 3. The third-order valence-electron chi connectivity index (χ3n) is 3.27. The lowest BCUT2D eigenvalue weighted by Gasteiger charge is -2.15. The summed E-state index contributed by atoms with van der Waals surface area (Å²) < 4.78 is 28.9. The maximum absolute atomic E-state index is 14.0. The van der Waals surface area contributed by atoms with Crippen LogP contribution in [0.15, 0.2) is 36.5 Å². The molecule has 0 saturated carbocycles. The first kappa shape index (κ1) is 12.5. The lowest BCUT2D eigenvalue weighted by Crippen LogP contribution is -2.12. The first-order valence-corrected chi connectivity index (χ1v) is 6.12. The molecule has 3 rings (SSSR count). The van der Waals surface area contributed by atoms with Crippen molar-refractivity contribution in [2.45, 2.75) is 13.0 Å². The molecule has 0 aliphatic rings. The van der Waals surface area contributed by atoms with Crippen LogP contribution >= 0.6 is 0 Å². The number of nitrogens with two attached hydrogens (primary N) is 1. The van der Waals surface area contributed by atoms with Gasteiger partial charge in [-0.25, -0.2) is 13.8 Å². The van der Waals surface area contributed by atoms with Gasteiger partial charge in [-0.15, -0.1) is 0 Å². The van der Waals surface area contributed by atoms with Crippen molar-refractivity contribution in [1.29, 1.82) is 0 Å². The van der Waals surface area contributed by atoms with Crippen molar-refractivity contribution in [1.82, 2.24) is 14.5 Å². The smallest absolute Gasteiger partial charge is 0.201 e. The van der Waals surface area contributed by atoms with E-state index in [-0.39, 0.29) is 17.5 Å². The van der Waals surface area contributed by atoms with Crippen molar-refractivity contribution in [2.24, 2.45) is 0 Å². The number of fused-ring (bicyclic) bond motifs is 1. The van der Waals surface area contributed by atoms with Crippen molar-refractivity contribution in [3.63, 3.8) is 0 Å². The van der Waals surface area contributed by atoms with E-state index in [1.165, 1.54) is 10.6 Å². The molecule has 0 saturated heterocycles. The summed E-state index contributed by atoms with van der Waals surface area (Å²) in [6, 6.07) is 7.51. The standard InChI is InChI=1S/C14H12F2N4/c1-8(10-4-2-3-7-18-10)20-13-11(19-14(20)17)6-5-9(15)12(13)16/h2-8H,1H3,(H2,17,19). The average Bonchev–Trinajstić information content (AvgIpc) is 2.80. The van der Waals surface area contributed by atoms with E-state index < -0.39 is 11.6 Å². The number of nitrogen functional groups attached to an aromatic ring is 1. The second-order valence-electron chi connectivity index (χ2n) is 4.50. The number of pyridine rings is 1. The lowest BCUT2D eigenvalue weighted by atomic mass is 10.2. The third-order valence-corrected chi connectivity index (χ3v) is 3.27. The number of rotatable bonds is 2. The van der Waals surface area contributed by atoms with Gasteiger partial charge < -0.3 is 5.73 Å². The number of hydrogen-bond donors (Lipinski definition) is 1. The minimum absolute atomic E-state index is 0.0562. The number of halogens is 2. The van der Waals surface area contributed by atoms with Gasteiger partial charge in [0.25, 0.3) is 0 Å². The Labute approximate surface area is 113 Å². The number of nitrogens with zero attached hydrogens (tertiary/aromatic N) is 3. The van der Waals surface area contributed by atoms with Crippen LogP contribution in [0.1, 0.15) is 18.7 Å². The fourth-order valence-corrected chi connectivity index (χ4v) is 2.29. The average molecular weight is 274 g/mol. The Kier molecular flexibility index (Phi) is 2.85. The number of anilines is 1. The summed E-state index contributed by atoms with van der Waals surface area (Å²) in [4.78, 5) is 8.28. The molecule has 1 atom stereocenters. The molecule has 102 valence electrons. The van der Waals surface area contributed by atoms with E-state index >= 15 is 0 Å². The van der Waals surface area contributed by atoms with Crippen LogP contribution in [0.25, 0.3) is 11.0 Å². The van der Waals surface area contributed by atoms with Gasteiger partial charge in [0.15, 0.2) is 11.6 Å².